The third-order valence-electron chi connectivity index (χ3n) is 5.47. The first-order valence-electron chi connectivity index (χ1n) is 10.5. The monoisotopic (exact) mass is 438 g/mol. The molecule has 0 aliphatic rings. The molecule has 3 aromatic rings. The van der Waals surface area contributed by atoms with Crippen molar-refractivity contribution in [2.24, 2.45) is 0 Å². The molecule has 0 aromatic heterocycles. The first-order chi connectivity index (χ1) is 14.9. The Kier molecular flexibility index (Phi) is 7.75. The van der Waals surface area contributed by atoms with Crippen molar-refractivity contribution in [2.75, 3.05) is 6.61 Å². The van der Waals surface area contributed by atoms with E-state index in [0.29, 0.717) is 23.1 Å². The van der Waals surface area contributed by atoms with Crippen molar-refractivity contribution >= 4 is 11.6 Å². The third-order valence-corrected chi connectivity index (χ3v) is 5.77. The molecule has 0 bridgehead atoms. The molecule has 0 spiro atoms. The average molecular weight is 439 g/mol. The predicted molar refractivity (Wildman–Crippen MR) is 126 cm³/mol. The van der Waals surface area contributed by atoms with Crippen LogP contribution in [0.2, 0.25) is 5.02 Å². The van der Waals surface area contributed by atoms with Gasteiger partial charge in [0.1, 0.15) is 11.5 Å². The predicted octanol–water partition coefficient (Wildman–Crippen LogP) is 8.14. The molecule has 2 nitrogen and oxygen atoms in total. The fourth-order valence-electron chi connectivity index (χ4n) is 3.55. The number of ether oxygens (including phenoxy) is 2. The fraction of sp³-hybridized carbons (Fsp3) is 0.259. The van der Waals surface area contributed by atoms with Crippen molar-refractivity contribution in [1.82, 2.24) is 0 Å². The third kappa shape index (κ3) is 5.89. The molecule has 0 saturated heterocycles. The molecule has 0 saturated carbocycles. The number of hydrogen-bond acceptors (Lipinski definition) is 2. The molecule has 3 rings (SSSR count). The maximum absolute atomic E-state index is 14.2. The lowest BCUT2D eigenvalue weighted by Gasteiger charge is -2.27. The number of allylic oxidation sites excluding steroid dienone is 1. The van der Waals surface area contributed by atoms with Crippen LogP contribution in [0.4, 0.5) is 4.39 Å². The van der Waals surface area contributed by atoms with Crippen LogP contribution in [0, 0.1) is 5.82 Å². The van der Waals surface area contributed by atoms with Gasteiger partial charge >= 0.3 is 0 Å². The van der Waals surface area contributed by atoms with Gasteiger partial charge in [-0.15, -0.1) is 6.58 Å². The van der Waals surface area contributed by atoms with E-state index < -0.39 is 0 Å². The lowest BCUT2D eigenvalue weighted by Crippen LogP contribution is -2.19. The molecule has 0 amide bonds. The summed E-state index contributed by atoms with van der Waals surface area (Å²) in [5.74, 6) is 1.18. The summed E-state index contributed by atoms with van der Waals surface area (Å²) in [7, 11) is 0. The molecule has 0 N–H and O–H groups in total. The molecule has 0 aliphatic heterocycles. The fourth-order valence-corrected chi connectivity index (χ4v) is 3.78. The van der Waals surface area contributed by atoms with Gasteiger partial charge in [-0.2, -0.15) is 0 Å². The zero-order valence-electron chi connectivity index (χ0n) is 18.0. The summed E-state index contributed by atoms with van der Waals surface area (Å²) in [6.45, 7) is 8.71. The van der Waals surface area contributed by atoms with E-state index in [-0.39, 0.29) is 17.0 Å². The van der Waals surface area contributed by atoms with Crippen molar-refractivity contribution in [3.8, 4) is 17.2 Å². The highest BCUT2D eigenvalue weighted by Crippen LogP contribution is 2.36. The quantitative estimate of drug-likeness (QED) is 0.297. The van der Waals surface area contributed by atoms with Crippen LogP contribution >= 0.6 is 11.6 Å². The first kappa shape index (κ1) is 22.9. The van der Waals surface area contributed by atoms with Crippen molar-refractivity contribution in [1.29, 1.82) is 0 Å². The Balaban J connectivity index is 1.67. The van der Waals surface area contributed by atoms with Gasteiger partial charge in [-0.05, 0) is 73.7 Å². The zero-order valence-corrected chi connectivity index (χ0v) is 18.8. The van der Waals surface area contributed by atoms with Gasteiger partial charge in [-0.3, -0.25) is 0 Å². The Bertz CT molecular complexity index is 1020. The lowest BCUT2D eigenvalue weighted by molar-refractivity contribution is 0.340. The molecule has 3 aromatic carbocycles. The number of rotatable bonds is 10. The maximum Gasteiger partial charge on any atom is 0.165 e. The van der Waals surface area contributed by atoms with Gasteiger partial charge < -0.3 is 9.47 Å². The normalized spacial score (nSPS) is 12.8. The van der Waals surface area contributed by atoms with Crippen molar-refractivity contribution in [2.45, 2.75) is 38.5 Å². The lowest BCUT2D eigenvalue weighted by atomic mass is 9.78. The minimum atomic E-state index is -0.368. The van der Waals surface area contributed by atoms with Gasteiger partial charge in [0, 0.05) is 5.41 Å². The summed E-state index contributed by atoms with van der Waals surface area (Å²) >= 11 is 6.39. The average Bonchev–Trinajstić information content (AvgIpc) is 2.78. The van der Waals surface area contributed by atoms with Crippen LogP contribution in [0.15, 0.2) is 79.4 Å². The second-order valence-corrected chi connectivity index (χ2v) is 8.14. The number of para-hydroxylation sites is 1. The molecular formula is C27H28ClFO2. The summed E-state index contributed by atoms with van der Waals surface area (Å²) in [6, 6.07) is 20.2. The van der Waals surface area contributed by atoms with Gasteiger partial charge in [0.15, 0.2) is 11.6 Å². The first-order valence-corrected chi connectivity index (χ1v) is 10.9. The van der Waals surface area contributed by atoms with E-state index in [1.807, 2.05) is 67.6 Å². The highest BCUT2D eigenvalue weighted by molar-refractivity contribution is 6.32. The molecule has 0 heterocycles. The maximum atomic E-state index is 14.2. The second kappa shape index (κ2) is 10.5. The number of hydrogen-bond donors (Lipinski definition) is 0. The van der Waals surface area contributed by atoms with E-state index >= 15 is 0 Å². The van der Waals surface area contributed by atoms with E-state index in [0.717, 1.165) is 30.4 Å². The van der Waals surface area contributed by atoms with Gasteiger partial charge in [-0.25, -0.2) is 4.39 Å². The van der Waals surface area contributed by atoms with E-state index in [1.165, 1.54) is 6.07 Å². The Morgan fingerprint density at radius 2 is 1.81 bits per heavy atom. The Labute approximate surface area is 189 Å². The summed E-state index contributed by atoms with van der Waals surface area (Å²) in [5.41, 5.74) is 1.91. The molecular weight excluding hydrogens is 411 g/mol. The van der Waals surface area contributed by atoms with E-state index in [4.69, 9.17) is 21.1 Å². The topological polar surface area (TPSA) is 18.5 Å². The highest BCUT2D eigenvalue weighted by Gasteiger charge is 2.23. The Morgan fingerprint density at radius 3 is 2.48 bits per heavy atom. The van der Waals surface area contributed by atoms with Crippen LogP contribution in [0.25, 0.3) is 0 Å². The Hall–Kier alpha value is -2.78. The SMILES string of the molecule is C=CC(C)(CCCc1ccc(F)c(Oc2ccccc2)c1)c1ccc(OCC)c(Cl)c1. The number of halogens is 2. The molecule has 0 aliphatic carbocycles. The minimum Gasteiger partial charge on any atom is -0.492 e. The summed E-state index contributed by atoms with van der Waals surface area (Å²) in [4.78, 5) is 0. The van der Waals surface area contributed by atoms with Crippen LogP contribution in [-0.2, 0) is 11.8 Å². The second-order valence-electron chi connectivity index (χ2n) is 7.73. The Morgan fingerprint density at radius 1 is 1.03 bits per heavy atom. The molecule has 1 unspecified atom stereocenters. The molecule has 4 heteroatoms. The highest BCUT2D eigenvalue weighted by atomic mass is 35.5. The number of benzene rings is 3. The zero-order chi connectivity index (χ0) is 22.3. The minimum absolute atomic E-state index is 0.224. The van der Waals surface area contributed by atoms with E-state index in [1.54, 1.807) is 6.07 Å². The molecule has 0 radical (unpaired) electrons. The molecule has 162 valence electrons. The van der Waals surface area contributed by atoms with E-state index in [9.17, 15) is 4.39 Å². The van der Waals surface area contributed by atoms with Crippen molar-refractivity contribution in [3.63, 3.8) is 0 Å². The van der Waals surface area contributed by atoms with Crippen LogP contribution in [0.5, 0.6) is 17.2 Å². The summed E-state index contributed by atoms with van der Waals surface area (Å²) in [6.07, 6.45) is 4.56. The largest absolute Gasteiger partial charge is 0.492 e. The van der Waals surface area contributed by atoms with Gasteiger partial charge in [0.25, 0.3) is 0 Å². The van der Waals surface area contributed by atoms with Crippen LogP contribution in [-0.4, -0.2) is 6.61 Å². The van der Waals surface area contributed by atoms with Gasteiger partial charge in [-0.1, -0.05) is 54.9 Å². The van der Waals surface area contributed by atoms with Gasteiger partial charge in [0.05, 0.1) is 11.6 Å². The van der Waals surface area contributed by atoms with Crippen molar-refractivity contribution < 1.29 is 13.9 Å². The number of aryl methyl sites for hydroxylation is 1. The smallest absolute Gasteiger partial charge is 0.165 e. The van der Waals surface area contributed by atoms with Gasteiger partial charge in [0.2, 0.25) is 0 Å². The summed E-state index contributed by atoms with van der Waals surface area (Å²) in [5, 5.41) is 0.605. The standard InChI is InChI=1S/C27H28ClFO2/c1-4-27(3,21-14-16-25(30-5-2)23(28)19-21)17-9-10-20-13-15-24(29)26(18-20)31-22-11-7-6-8-12-22/h4,6-8,11-16,18-19H,1,5,9-10,17H2,2-3H3. The van der Waals surface area contributed by atoms with E-state index in [2.05, 4.69) is 13.5 Å². The summed E-state index contributed by atoms with van der Waals surface area (Å²) < 4.78 is 25.5. The van der Waals surface area contributed by atoms with Crippen LogP contribution < -0.4 is 9.47 Å². The van der Waals surface area contributed by atoms with Crippen molar-refractivity contribution in [3.05, 3.63) is 101 Å². The van der Waals surface area contributed by atoms with Crippen LogP contribution in [0.1, 0.15) is 37.8 Å². The molecule has 1 atom stereocenters. The molecule has 0 fully saturated rings. The molecule has 31 heavy (non-hydrogen) atoms. The van der Waals surface area contributed by atoms with Crippen LogP contribution in [0.3, 0.4) is 0 Å².